The van der Waals surface area contributed by atoms with Crippen molar-refractivity contribution in [3.63, 3.8) is 0 Å². The van der Waals surface area contributed by atoms with Crippen molar-refractivity contribution in [1.82, 2.24) is 0 Å². The second kappa shape index (κ2) is 5.40. The molecule has 0 aromatic heterocycles. The summed E-state index contributed by atoms with van der Waals surface area (Å²) in [5.74, 6) is 0.496. The van der Waals surface area contributed by atoms with Crippen LogP contribution in [0.1, 0.15) is 21.5 Å². The van der Waals surface area contributed by atoms with Crippen LogP contribution in [0, 0.1) is 0 Å². The summed E-state index contributed by atoms with van der Waals surface area (Å²) in [6, 6.07) is 8.59. The van der Waals surface area contributed by atoms with E-state index in [4.69, 9.17) is 27.9 Å². The topological polar surface area (TPSA) is 26.3 Å². The average molecular weight is 372 g/mol. The van der Waals surface area contributed by atoms with E-state index in [1.54, 1.807) is 24.3 Å². The fourth-order valence-electron chi connectivity index (χ4n) is 2.26. The van der Waals surface area contributed by atoms with Gasteiger partial charge in [0.05, 0.1) is 17.2 Å². The highest BCUT2D eigenvalue weighted by Gasteiger charge is 2.24. The first kappa shape index (κ1) is 13.9. The molecule has 1 aliphatic rings. The molecular formula is C15H9BrCl2O2. The second-order valence-electron chi connectivity index (χ2n) is 4.49. The molecule has 0 radical (unpaired) electrons. The van der Waals surface area contributed by atoms with Crippen LogP contribution in [0.4, 0.5) is 0 Å². The Labute approximate surface area is 134 Å². The van der Waals surface area contributed by atoms with Crippen molar-refractivity contribution in [2.45, 2.75) is 6.42 Å². The minimum atomic E-state index is -0.161. The highest BCUT2D eigenvalue weighted by molar-refractivity contribution is 9.10. The van der Waals surface area contributed by atoms with E-state index in [-0.39, 0.29) is 5.78 Å². The molecule has 20 heavy (non-hydrogen) atoms. The monoisotopic (exact) mass is 370 g/mol. The lowest BCUT2D eigenvalue weighted by Gasteiger charge is -2.09. The maximum Gasteiger partial charge on any atom is 0.198 e. The van der Waals surface area contributed by atoms with E-state index in [2.05, 4.69) is 15.9 Å². The van der Waals surface area contributed by atoms with Crippen LogP contribution in [0.5, 0.6) is 5.75 Å². The number of rotatable bonds is 2. The lowest BCUT2D eigenvalue weighted by Crippen LogP contribution is -2.04. The number of fused-ring (bicyclic) bond motifs is 1. The summed E-state index contributed by atoms with van der Waals surface area (Å²) in [6.45, 7) is 0.598. The fourth-order valence-corrected chi connectivity index (χ4v) is 3.26. The highest BCUT2D eigenvalue weighted by atomic mass is 79.9. The van der Waals surface area contributed by atoms with Crippen molar-refractivity contribution in [1.29, 1.82) is 0 Å². The van der Waals surface area contributed by atoms with Crippen LogP contribution >= 0.6 is 39.1 Å². The molecule has 102 valence electrons. The predicted molar refractivity (Wildman–Crippen MR) is 83.2 cm³/mol. The number of ketones is 1. The number of benzene rings is 2. The van der Waals surface area contributed by atoms with Gasteiger partial charge in [-0.3, -0.25) is 4.79 Å². The van der Waals surface area contributed by atoms with Gasteiger partial charge in [0.1, 0.15) is 5.75 Å². The molecule has 2 aromatic carbocycles. The lowest BCUT2D eigenvalue weighted by molar-refractivity contribution is 0.103. The van der Waals surface area contributed by atoms with Crippen molar-refractivity contribution in [3.05, 3.63) is 61.5 Å². The first-order valence-electron chi connectivity index (χ1n) is 6.01. The maximum atomic E-state index is 12.7. The Hall–Kier alpha value is -1.03. The molecular weight excluding hydrogens is 363 g/mol. The number of halogens is 3. The molecule has 0 atom stereocenters. The van der Waals surface area contributed by atoms with Crippen LogP contribution in [0.3, 0.4) is 0 Å². The Morgan fingerprint density at radius 2 is 1.95 bits per heavy atom. The lowest BCUT2D eigenvalue weighted by atomic mass is 10.00. The summed E-state index contributed by atoms with van der Waals surface area (Å²) in [5, 5.41) is 0.844. The van der Waals surface area contributed by atoms with Gasteiger partial charge in [0.15, 0.2) is 5.78 Å². The fraction of sp³-hybridized carbons (Fsp3) is 0.133. The molecule has 0 saturated carbocycles. The molecule has 3 rings (SSSR count). The van der Waals surface area contributed by atoms with Crippen LogP contribution in [-0.2, 0) is 6.42 Å². The Kier molecular flexibility index (Phi) is 3.76. The van der Waals surface area contributed by atoms with E-state index in [1.165, 1.54) is 0 Å². The van der Waals surface area contributed by atoms with Gasteiger partial charge >= 0.3 is 0 Å². The van der Waals surface area contributed by atoms with Gasteiger partial charge in [0.2, 0.25) is 0 Å². The zero-order valence-electron chi connectivity index (χ0n) is 10.3. The Bertz CT molecular complexity index is 713. The summed E-state index contributed by atoms with van der Waals surface area (Å²) < 4.78 is 6.44. The minimum Gasteiger partial charge on any atom is -0.492 e. The van der Waals surface area contributed by atoms with Gasteiger partial charge in [0.25, 0.3) is 0 Å². The zero-order chi connectivity index (χ0) is 14.3. The van der Waals surface area contributed by atoms with Crippen LogP contribution in [-0.4, -0.2) is 12.4 Å². The minimum absolute atomic E-state index is 0.161. The third kappa shape index (κ3) is 2.46. The first-order valence-corrected chi connectivity index (χ1v) is 7.56. The standard InChI is InChI=1S/C15H9BrCl2O2/c16-9-5-8-3-4-20-15(8)12(6-9)14(19)11-2-1-10(17)7-13(11)18/h1-2,5-7H,3-4H2. The van der Waals surface area contributed by atoms with Gasteiger partial charge in [0, 0.05) is 21.5 Å². The van der Waals surface area contributed by atoms with E-state index >= 15 is 0 Å². The van der Waals surface area contributed by atoms with E-state index in [1.807, 2.05) is 6.07 Å². The predicted octanol–water partition coefficient (Wildman–Crippen LogP) is 4.92. The Balaban J connectivity index is 2.11. The number of hydrogen-bond donors (Lipinski definition) is 0. The van der Waals surface area contributed by atoms with Crippen molar-refractivity contribution in [3.8, 4) is 5.75 Å². The summed E-state index contributed by atoms with van der Waals surface area (Å²) in [6.07, 6.45) is 0.809. The number of carbonyl (C=O) groups excluding carboxylic acids is 1. The molecule has 5 heteroatoms. The molecule has 0 bridgehead atoms. The van der Waals surface area contributed by atoms with Crippen molar-refractivity contribution in [2.75, 3.05) is 6.61 Å². The molecule has 0 unspecified atom stereocenters. The quantitative estimate of drug-likeness (QED) is 0.700. The largest absolute Gasteiger partial charge is 0.492 e. The van der Waals surface area contributed by atoms with E-state index in [0.29, 0.717) is 33.5 Å². The van der Waals surface area contributed by atoms with E-state index < -0.39 is 0 Å². The van der Waals surface area contributed by atoms with Crippen molar-refractivity contribution < 1.29 is 9.53 Å². The summed E-state index contributed by atoms with van der Waals surface area (Å²) >= 11 is 15.4. The van der Waals surface area contributed by atoms with Crippen LogP contribution in [0.2, 0.25) is 10.0 Å². The average Bonchev–Trinajstić information content (AvgIpc) is 2.85. The molecule has 2 aromatic rings. The molecule has 1 aliphatic heterocycles. The molecule has 0 amide bonds. The highest BCUT2D eigenvalue weighted by Crippen LogP contribution is 2.35. The molecule has 0 N–H and O–H groups in total. The Morgan fingerprint density at radius 3 is 2.70 bits per heavy atom. The maximum absolute atomic E-state index is 12.7. The number of hydrogen-bond acceptors (Lipinski definition) is 2. The van der Waals surface area contributed by atoms with Crippen LogP contribution in [0.25, 0.3) is 0 Å². The first-order chi connectivity index (χ1) is 9.56. The molecule has 1 heterocycles. The van der Waals surface area contributed by atoms with Gasteiger partial charge in [-0.25, -0.2) is 0 Å². The van der Waals surface area contributed by atoms with Gasteiger partial charge < -0.3 is 4.74 Å². The molecule has 2 nitrogen and oxygen atoms in total. The third-order valence-corrected chi connectivity index (χ3v) is 4.17. The molecule has 0 spiro atoms. The summed E-state index contributed by atoms with van der Waals surface area (Å²) in [5.41, 5.74) is 1.98. The van der Waals surface area contributed by atoms with Gasteiger partial charge in [-0.05, 0) is 35.9 Å². The smallest absolute Gasteiger partial charge is 0.198 e. The van der Waals surface area contributed by atoms with Crippen molar-refractivity contribution in [2.24, 2.45) is 0 Å². The molecule has 0 saturated heterocycles. The van der Waals surface area contributed by atoms with Crippen molar-refractivity contribution >= 4 is 44.9 Å². The SMILES string of the molecule is O=C(c1ccc(Cl)cc1Cl)c1cc(Br)cc2c1OCC2. The zero-order valence-corrected chi connectivity index (χ0v) is 13.3. The van der Waals surface area contributed by atoms with Gasteiger partial charge in [-0.2, -0.15) is 0 Å². The number of carbonyl (C=O) groups is 1. The molecule has 0 fully saturated rings. The summed E-state index contributed by atoms with van der Waals surface area (Å²) in [4.78, 5) is 12.7. The van der Waals surface area contributed by atoms with E-state index in [0.717, 1.165) is 16.5 Å². The van der Waals surface area contributed by atoms with Gasteiger partial charge in [-0.15, -0.1) is 0 Å². The third-order valence-electron chi connectivity index (χ3n) is 3.17. The van der Waals surface area contributed by atoms with Gasteiger partial charge in [-0.1, -0.05) is 39.1 Å². The van der Waals surface area contributed by atoms with Crippen LogP contribution in [0.15, 0.2) is 34.8 Å². The summed E-state index contributed by atoms with van der Waals surface area (Å²) in [7, 11) is 0. The second-order valence-corrected chi connectivity index (χ2v) is 6.25. The van der Waals surface area contributed by atoms with E-state index in [9.17, 15) is 4.79 Å². The normalized spacial score (nSPS) is 12.9. The molecule has 0 aliphatic carbocycles. The number of ether oxygens (including phenoxy) is 1. The van der Waals surface area contributed by atoms with Crippen LogP contribution < -0.4 is 4.74 Å². The Morgan fingerprint density at radius 1 is 1.15 bits per heavy atom.